The zero-order valence-corrected chi connectivity index (χ0v) is 15.5. The van der Waals surface area contributed by atoms with Crippen LogP contribution in [-0.2, 0) is 6.54 Å². The predicted molar refractivity (Wildman–Crippen MR) is 102 cm³/mol. The van der Waals surface area contributed by atoms with Crippen molar-refractivity contribution in [2.45, 2.75) is 32.2 Å². The molecule has 8 heteroatoms. The second-order valence-electron chi connectivity index (χ2n) is 7.14. The van der Waals surface area contributed by atoms with Gasteiger partial charge in [0.1, 0.15) is 5.82 Å². The molecule has 1 aliphatic heterocycles. The summed E-state index contributed by atoms with van der Waals surface area (Å²) >= 11 is 0. The third kappa shape index (κ3) is 3.87. The molecular weight excluding hydrogens is 364 g/mol. The number of aryl methyl sites for hydroxylation is 1. The number of alkyl halides is 2. The number of imidazole rings is 1. The van der Waals surface area contributed by atoms with E-state index in [0.29, 0.717) is 31.1 Å². The molecule has 1 N–H and O–H groups in total. The standard InChI is InChI=1S/C20H21F2N5O/c1-14-5-6-17(23-12-14)25-19(28)18-24-15(16-4-2-3-9-27(16)18)13-26-10-7-20(21,22)8-11-26/h2-6,9,12H,7-8,10-11,13H2,1H3,(H,23,25,28). The molecule has 3 aromatic heterocycles. The smallest absolute Gasteiger partial charge is 0.293 e. The second-order valence-corrected chi connectivity index (χ2v) is 7.14. The van der Waals surface area contributed by atoms with Gasteiger partial charge in [0.15, 0.2) is 0 Å². The van der Waals surface area contributed by atoms with Crippen LogP contribution in [0.3, 0.4) is 0 Å². The van der Waals surface area contributed by atoms with Gasteiger partial charge in [-0.25, -0.2) is 18.7 Å². The molecule has 4 rings (SSSR count). The van der Waals surface area contributed by atoms with Crippen LogP contribution >= 0.6 is 0 Å². The average molecular weight is 385 g/mol. The van der Waals surface area contributed by atoms with E-state index in [1.807, 2.05) is 36.1 Å². The number of pyridine rings is 2. The van der Waals surface area contributed by atoms with Gasteiger partial charge in [0.2, 0.25) is 5.82 Å². The Morgan fingerprint density at radius 1 is 1.21 bits per heavy atom. The SMILES string of the molecule is Cc1ccc(NC(=O)c2nc(CN3CCC(F)(F)CC3)c3ccccn23)nc1. The number of fused-ring (bicyclic) bond motifs is 1. The van der Waals surface area contributed by atoms with Gasteiger partial charge in [-0.1, -0.05) is 12.1 Å². The number of aromatic nitrogens is 3. The minimum absolute atomic E-state index is 0.148. The summed E-state index contributed by atoms with van der Waals surface area (Å²) in [6, 6.07) is 9.17. The molecule has 0 atom stereocenters. The van der Waals surface area contributed by atoms with Gasteiger partial charge in [0, 0.05) is 44.9 Å². The monoisotopic (exact) mass is 385 g/mol. The Kier molecular flexibility index (Phi) is 4.80. The van der Waals surface area contributed by atoms with Crippen LogP contribution < -0.4 is 5.32 Å². The fourth-order valence-electron chi connectivity index (χ4n) is 3.34. The number of likely N-dealkylation sites (tertiary alicyclic amines) is 1. The molecule has 0 bridgehead atoms. The molecule has 0 unspecified atom stereocenters. The lowest BCUT2D eigenvalue weighted by atomic mass is 10.1. The Hall–Kier alpha value is -2.87. The van der Waals surface area contributed by atoms with E-state index < -0.39 is 5.92 Å². The summed E-state index contributed by atoms with van der Waals surface area (Å²) in [6.45, 7) is 2.98. The van der Waals surface area contributed by atoms with Crippen molar-refractivity contribution in [2.75, 3.05) is 18.4 Å². The van der Waals surface area contributed by atoms with Gasteiger partial charge in [-0.15, -0.1) is 0 Å². The molecule has 0 aromatic carbocycles. The van der Waals surface area contributed by atoms with E-state index >= 15 is 0 Å². The van der Waals surface area contributed by atoms with Crippen LogP contribution in [-0.4, -0.2) is 44.2 Å². The number of carbonyl (C=O) groups excluding carboxylic acids is 1. The van der Waals surface area contributed by atoms with E-state index in [4.69, 9.17) is 0 Å². The molecule has 1 saturated heterocycles. The Balaban J connectivity index is 1.57. The van der Waals surface area contributed by atoms with Gasteiger partial charge < -0.3 is 5.32 Å². The molecule has 0 spiro atoms. The lowest BCUT2D eigenvalue weighted by molar-refractivity contribution is -0.0567. The molecule has 0 saturated carbocycles. The van der Waals surface area contributed by atoms with Crippen molar-refractivity contribution in [3.05, 3.63) is 59.8 Å². The molecule has 6 nitrogen and oxygen atoms in total. The first kappa shape index (κ1) is 18.5. The summed E-state index contributed by atoms with van der Waals surface area (Å²) in [6.07, 6.45) is 3.15. The highest BCUT2D eigenvalue weighted by atomic mass is 19.3. The van der Waals surface area contributed by atoms with Crippen LogP contribution in [0.2, 0.25) is 0 Å². The maximum Gasteiger partial charge on any atom is 0.293 e. The van der Waals surface area contributed by atoms with Gasteiger partial charge in [0.05, 0.1) is 11.2 Å². The highest BCUT2D eigenvalue weighted by Gasteiger charge is 2.34. The largest absolute Gasteiger partial charge is 0.304 e. The van der Waals surface area contributed by atoms with E-state index in [0.717, 1.165) is 11.1 Å². The van der Waals surface area contributed by atoms with Gasteiger partial charge >= 0.3 is 0 Å². The van der Waals surface area contributed by atoms with Crippen LogP contribution in [0.5, 0.6) is 0 Å². The van der Waals surface area contributed by atoms with Crippen molar-refractivity contribution >= 4 is 17.2 Å². The summed E-state index contributed by atoms with van der Waals surface area (Å²) < 4.78 is 28.5. The number of hydrogen-bond acceptors (Lipinski definition) is 4. The number of anilines is 1. The number of nitrogens with one attached hydrogen (secondary N) is 1. The number of halogens is 2. The number of amides is 1. The highest BCUT2D eigenvalue weighted by Crippen LogP contribution is 2.28. The first-order valence-corrected chi connectivity index (χ1v) is 9.21. The predicted octanol–water partition coefficient (Wildman–Crippen LogP) is 3.52. The molecule has 1 amide bonds. The summed E-state index contributed by atoms with van der Waals surface area (Å²) in [5, 5.41) is 2.76. The normalized spacial score (nSPS) is 17.0. The second kappa shape index (κ2) is 7.27. The zero-order valence-electron chi connectivity index (χ0n) is 15.5. The fourth-order valence-corrected chi connectivity index (χ4v) is 3.34. The molecule has 0 radical (unpaired) electrons. The Labute approximate surface area is 161 Å². The van der Waals surface area contributed by atoms with E-state index in [1.165, 1.54) is 0 Å². The number of rotatable bonds is 4. The van der Waals surface area contributed by atoms with Crippen LogP contribution in [0.25, 0.3) is 5.52 Å². The number of hydrogen-bond donors (Lipinski definition) is 1. The summed E-state index contributed by atoms with van der Waals surface area (Å²) in [4.78, 5) is 23.4. The Bertz CT molecular complexity index is 990. The van der Waals surface area contributed by atoms with Gasteiger partial charge in [-0.2, -0.15) is 0 Å². The first-order valence-electron chi connectivity index (χ1n) is 9.21. The van der Waals surface area contributed by atoms with Crippen LogP contribution in [0.4, 0.5) is 14.6 Å². The summed E-state index contributed by atoms with van der Waals surface area (Å²) in [5.41, 5.74) is 2.49. The van der Waals surface area contributed by atoms with E-state index in [-0.39, 0.29) is 24.6 Å². The van der Waals surface area contributed by atoms with Gasteiger partial charge in [0.25, 0.3) is 11.8 Å². The van der Waals surface area contributed by atoms with Gasteiger partial charge in [-0.3, -0.25) is 14.1 Å². The van der Waals surface area contributed by atoms with Crippen molar-refractivity contribution in [2.24, 2.45) is 0 Å². The molecule has 3 aromatic rings. The van der Waals surface area contributed by atoms with Crippen molar-refractivity contribution in [1.29, 1.82) is 0 Å². The van der Waals surface area contributed by atoms with Crippen LogP contribution in [0.1, 0.15) is 34.7 Å². The zero-order chi connectivity index (χ0) is 19.7. The summed E-state index contributed by atoms with van der Waals surface area (Å²) in [7, 11) is 0. The van der Waals surface area contributed by atoms with E-state index in [2.05, 4.69) is 15.3 Å². The minimum Gasteiger partial charge on any atom is -0.304 e. The molecule has 0 aliphatic carbocycles. The summed E-state index contributed by atoms with van der Waals surface area (Å²) in [5.74, 6) is -2.26. The van der Waals surface area contributed by atoms with Crippen LogP contribution in [0.15, 0.2) is 42.7 Å². The third-order valence-electron chi connectivity index (χ3n) is 4.94. The van der Waals surface area contributed by atoms with Crippen molar-refractivity contribution in [3.8, 4) is 0 Å². The minimum atomic E-state index is -2.58. The number of nitrogens with zero attached hydrogens (tertiary/aromatic N) is 4. The number of piperidine rings is 1. The Morgan fingerprint density at radius 3 is 2.71 bits per heavy atom. The molecule has 4 heterocycles. The first-order chi connectivity index (χ1) is 13.4. The van der Waals surface area contributed by atoms with E-state index in [1.54, 1.807) is 22.9 Å². The third-order valence-corrected chi connectivity index (χ3v) is 4.94. The van der Waals surface area contributed by atoms with Crippen LogP contribution in [0, 0.1) is 6.92 Å². The maximum absolute atomic E-state index is 13.4. The maximum atomic E-state index is 13.4. The van der Waals surface area contributed by atoms with Crippen molar-refractivity contribution < 1.29 is 13.6 Å². The molecule has 1 aliphatic rings. The molecule has 146 valence electrons. The fraction of sp³-hybridized carbons (Fsp3) is 0.350. The topological polar surface area (TPSA) is 62.5 Å². The quantitative estimate of drug-likeness (QED) is 0.746. The Morgan fingerprint density at radius 2 is 2.00 bits per heavy atom. The lowest BCUT2D eigenvalue weighted by Gasteiger charge is -2.31. The van der Waals surface area contributed by atoms with E-state index in [9.17, 15) is 13.6 Å². The molecule has 28 heavy (non-hydrogen) atoms. The highest BCUT2D eigenvalue weighted by molar-refractivity contribution is 6.02. The van der Waals surface area contributed by atoms with Crippen molar-refractivity contribution in [1.82, 2.24) is 19.3 Å². The van der Waals surface area contributed by atoms with Crippen molar-refractivity contribution in [3.63, 3.8) is 0 Å². The number of carbonyl (C=O) groups is 1. The average Bonchev–Trinajstić information content (AvgIpc) is 3.04. The molecule has 1 fully saturated rings. The molecular formula is C20H21F2N5O. The van der Waals surface area contributed by atoms with Gasteiger partial charge in [-0.05, 0) is 30.7 Å². The lowest BCUT2D eigenvalue weighted by Crippen LogP contribution is -2.38.